The van der Waals surface area contributed by atoms with Gasteiger partial charge in [0.1, 0.15) is 11.5 Å². The molecule has 2 N–H and O–H groups in total. The molecule has 0 spiro atoms. The summed E-state index contributed by atoms with van der Waals surface area (Å²) in [5.41, 5.74) is 6.68. The van der Waals surface area contributed by atoms with Crippen LogP contribution in [0.4, 0.5) is 4.39 Å². The molecule has 0 radical (unpaired) electrons. The summed E-state index contributed by atoms with van der Waals surface area (Å²) in [4.78, 5) is 0. The Kier molecular flexibility index (Phi) is 2.83. The van der Waals surface area contributed by atoms with Crippen molar-refractivity contribution in [2.45, 2.75) is 6.54 Å². The van der Waals surface area contributed by atoms with Crippen molar-refractivity contribution >= 4 is 15.9 Å². The van der Waals surface area contributed by atoms with E-state index in [4.69, 9.17) is 5.73 Å². The Balaban J connectivity index is 2.60. The first-order valence-corrected chi connectivity index (χ1v) is 5.19. The van der Waals surface area contributed by atoms with Gasteiger partial charge in [0.15, 0.2) is 0 Å². The molecule has 1 aromatic carbocycles. The SMILES string of the molecule is NCc1cccc(F)c1-n1cc(Br)cn1. The molecule has 78 valence electrons. The topological polar surface area (TPSA) is 43.8 Å². The average molecular weight is 270 g/mol. The van der Waals surface area contributed by atoms with Gasteiger partial charge >= 0.3 is 0 Å². The minimum atomic E-state index is -0.325. The van der Waals surface area contributed by atoms with Crippen molar-refractivity contribution in [3.63, 3.8) is 0 Å². The first-order valence-electron chi connectivity index (χ1n) is 4.40. The summed E-state index contributed by atoms with van der Waals surface area (Å²) in [5, 5.41) is 4.03. The van der Waals surface area contributed by atoms with Crippen LogP contribution in [0, 0.1) is 5.82 Å². The molecule has 0 saturated carbocycles. The summed E-state index contributed by atoms with van der Waals surface area (Å²) in [7, 11) is 0. The Bertz CT molecular complexity index is 481. The fraction of sp³-hybridized carbons (Fsp3) is 0.100. The van der Waals surface area contributed by atoms with Crippen LogP contribution in [0.15, 0.2) is 35.1 Å². The Morgan fingerprint density at radius 1 is 1.47 bits per heavy atom. The number of para-hydroxylation sites is 1. The van der Waals surface area contributed by atoms with Gasteiger partial charge in [-0.1, -0.05) is 12.1 Å². The molecule has 5 heteroatoms. The molecule has 0 fully saturated rings. The van der Waals surface area contributed by atoms with Crippen molar-refractivity contribution < 1.29 is 4.39 Å². The molecule has 0 aliphatic heterocycles. The molecule has 1 aromatic heterocycles. The summed E-state index contributed by atoms with van der Waals surface area (Å²) >= 11 is 3.26. The molecule has 15 heavy (non-hydrogen) atoms. The second-order valence-corrected chi connectivity index (χ2v) is 3.97. The van der Waals surface area contributed by atoms with Gasteiger partial charge in [-0.25, -0.2) is 9.07 Å². The zero-order valence-electron chi connectivity index (χ0n) is 7.82. The molecule has 0 bridgehead atoms. The molecule has 2 aromatic rings. The van der Waals surface area contributed by atoms with E-state index in [0.717, 1.165) is 10.0 Å². The normalized spacial score (nSPS) is 10.6. The van der Waals surface area contributed by atoms with Gasteiger partial charge in [-0.15, -0.1) is 0 Å². The Morgan fingerprint density at radius 3 is 2.87 bits per heavy atom. The van der Waals surface area contributed by atoms with Crippen molar-refractivity contribution in [2.75, 3.05) is 0 Å². The van der Waals surface area contributed by atoms with E-state index in [1.54, 1.807) is 24.5 Å². The van der Waals surface area contributed by atoms with E-state index in [2.05, 4.69) is 21.0 Å². The number of aromatic nitrogens is 2. The van der Waals surface area contributed by atoms with Gasteiger partial charge in [0.05, 0.1) is 10.7 Å². The Labute approximate surface area is 94.8 Å². The van der Waals surface area contributed by atoms with Crippen molar-refractivity contribution in [3.05, 3.63) is 46.4 Å². The molecule has 3 nitrogen and oxygen atoms in total. The van der Waals surface area contributed by atoms with Gasteiger partial charge < -0.3 is 5.73 Å². The maximum atomic E-state index is 13.6. The first-order chi connectivity index (χ1) is 7.22. The van der Waals surface area contributed by atoms with Gasteiger partial charge in [-0.3, -0.25) is 0 Å². The molecular formula is C10H9BrFN3. The van der Waals surface area contributed by atoms with E-state index in [9.17, 15) is 4.39 Å². The van der Waals surface area contributed by atoms with E-state index in [0.29, 0.717) is 5.69 Å². The zero-order valence-corrected chi connectivity index (χ0v) is 9.41. The maximum Gasteiger partial charge on any atom is 0.149 e. The van der Waals surface area contributed by atoms with Gasteiger partial charge in [-0.2, -0.15) is 5.10 Å². The number of hydrogen-bond acceptors (Lipinski definition) is 2. The molecule has 0 amide bonds. The summed E-state index contributed by atoms with van der Waals surface area (Å²) in [6.07, 6.45) is 3.30. The highest BCUT2D eigenvalue weighted by Gasteiger charge is 2.10. The van der Waals surface area contributed by atoms with E-state index < -0.39 is 0 Å². The second kappa shape index (κ2) is 4.12. The highest BCUT2D eigenvalue weighted by molar-refractivity contribution is 9.10. The van der Waals surface area contributed by atoms with Crippen molar-refractivity contribution in [1.82, 2.24) is 9.78 Å². The number of nitrogens with two attached hydrogens (primary N) is 1. The number of benzene rings is 1. The molecule has 0 unspecified atom stereocenters. The Hall–Kier alpha value is -1.20. The van der Waals surface area contributed by atoms with E-state index >= 15 is 0 Å². The van der Waals surface area contributed by atoms with E-state index in [1.165, 1.54) is 10.7 Å². The predicted molar refractivity (Wildman–Crippen MR) is 59.1 cm³/mol. The molecule has 0 aliphatic rings. The van der Waals surface area contributed by atoms with Crippen LogP contribution in [-0.2, 0) is 6.54 Å². The van der Waals surface area contributed by atoms with Crippen LogP contribution in [0.3, 0.4) is 0 Å². The van der Waals surface area contributed by atoms with Crippen LogP contribution in [0.25, 0.3) is 5.69 Å². The predicted octanol–water partition coefficient (Wildman–Crippen LogP) is 2.23. The minimum absolute atomic E-state index is 0.282. The summed E-state index contributed by atoms with van der Waals surface area (Å²) < 4.78 is 15.9. The fourth-order valence-electron chi connectivity index (χ4n) is 1.40. The number of hydrogen-bond donors (Lipinski definition) is 1. The quantitative estimate of drug-likeness (QED) is 0.909. The lowest BCUT2D eigenvalue weighted by Gasteiger charge is -2.08. The smallest absolute Gasteiger partial charge is 0.149 e. The Morgan fingerprint density at radius 2 is 2.27 bits per heavy atom. The number of nitrogens with zero attached hydrogens (tertiary/aromatic N) is 2. The third kappa shape index (κ3) is 1.93. The lowest BCUT2D eigenvalue weighted by Crippen LogP contribution is -2.07. The van der Waals surface area contributed by atoms with Crippen molar-refractivity contribution in [1.29, 1.82) is 0 Å². The van der Waals surface area contributed by atoms with Gasteiger partial charge in [-0.05, 0) is 27.6 Å². The first kappa shape index (κ1) is 10.3. The number of rotatable bonds is 2. The maximum absolute atomic E-state index is 13.6. The highest BCUT2D eigenvalue weighted by Crippen LogP contribution is 2.19. The minimum Gasteiger partial charge on any atom is -0.326 e. The lowest BCUT2D eigenvalue weighted by molar-refractivity contribution is 0.607. The zero-order chi connectivity index (χ0) is 10.8. The van der Waals surface area contributed by atoms with Crippen LogP contribution in [0.2, 0.25) is 0 Å². The molecule has 0 atom stereocenters. The highest BCUT2D eigenvalue weighted by atomic mass is 79.9. The molecule has 0 aliphatic carbocycles. The van der Waals surface area contributed by atoms with E-state index in [-0.39, 0.29) is 12.4 Å². The van der Waals surface area contributed by atoms with Crippen LogP contribution in [0.1, 0.15) is 5.56 Å². The molecule has 1 heterocycles. The fourth-order valence-corrected chi connectivity index (χ4v) is 1.69. The lowest BCUT2D eigenvalue weighted by atomic mass is 10.1. The van der Waals surface area contributed by atoms with Crippen molar-refractivity contribution in [2.24, 2.45) is 5.73 Å². The van der Waals surface area contributed by atoms with Crippen LogP contribution in [-0.4, -0.2) is 9.78 Å². The van der Waals surface area contributed by atoms with Crippen LogP contribution in [0.5, 0.6) is 0 Å². The molecular weight excluding hydrogens is 261 g/mol. The third-order valence-corrected chi connectivity index (χ3v) is 2.48. The summed E-state index contributed by atoms with van der Waals surface area (Å²) in [6.45, 7) is 0.282. The molecule has 0 saturated heterocycles. The van der Waals surface area contributed by atoms with Gasteiger partial charge in [0.25, 0.3) is 0 Å². The van der Waals surface area contributed by atoms with Gasteiger partial charge in [0, 0.05) is 12.7 Å². The summed E-state index contributed by atoms with van der Waals surface area (Å²) in [5.74, 6) is -0.325. The number of halogens is 2. The largest absolute Gasteiger partial charge is 0.326 e. The standard InChI is InChI=1S/C10H9BrFN3/c11-8-5-14-15(6-8)10-7(4-13)2-1-3-9(10)12/h1-3,5-6H,4,13H2. The van der Waals surface area contributed by atoms with Crippen LogP contribution >= 0.6 is 15.9 Å². The average Bonchev–Trinajstić information content (AvgIpc) is 2.64. The van der Waals surface area contributed by atoms with Crippen molar-refractivity contribution in [3.8, 4) is 5.69 Å². The molecule has 2 rings (SSSR count). The van der Waals surface area contributed by atoms with Gasteiger partial charge in [0.2, 0.25) is 0 Å². The summed E-state index contributed by atoms with van der Waals surface area (Å²) in [6, 6.07) is 4.82. The van der Waals surface area contributed by atoms with Crippen LogP contribution < -0.4 is 5.73 Å². The third-order valence-electron chi connectivity index (χ3n) is 2.07. The van der Waals surface area contributed by atoms with E-state index in [1.807, 2.05) is 0 Å². The second-order valence-electron chi connectivity index (χ2n) is 3.05. The monoisotopic (exact) mass is 269 g/mol.